The van der Waals surface area contributed by atoms with Crippen molar-refractivity contribution in [1.29, 1.82) is 0 Å². The highest BCUT2D eigenvalue weighted by molar-refractivity contribution is 6.00. The van der Waals surface area contributed by atoms with Gasteiger partial charge in [0.25, 0.3) is 0 Å². The van der Waals surface area contributed by atoms with Crippen LogP contribution in [-0.4, -0.2) is 15.3 Å². The van der Waals surface area contributed by atoms with Crippen LogP contribution in [0.25, 0.3) is 0 Å². The maximum atomic E-state index is 12.0. The molecule has 0 radical (unpaired) electrons. The van der Waals surface area contributed by atoms with Crippen molar-refractivity contribution in [3.05, 3.63) is 17.7 Å². The molecule has 0 fully saturated rings. The number of aryl methyl sites for hydroxylation is 2. The highest BCUT2D eigenvalue weighted by Gasteiger charge is 2.36. The lowest BCUT2D eigenvalue weighted by atomic mass is 9.77. The Kier molecular flexibility index (Phi) is 1.59. The molecule has 0 unspecified atom stereocenters. The normalized spacial score (nSPS) is 20.1. The molecule has 0 aromatic carbocycles. The molecule has 0 spiro atoms. The van der Waals surface area contributed by atoms with Gasteiger partial charge in [0.1, 0.15) is 5.69 Å². The number of ketones is 1. The average Bonchev–Trinajstić information content (AvgIpc) is 2.41. The van der Waals surface area contributed by atoms with Crippen LogP contribution in [0.3, 0.4) is 0 Å². The second-order valence-corrected chi connectivity index (χ2v) is 4.36. The van der Waals surface area contributed by atoms with Gasteiger partial charge in [0.2, 0.25) is 0 Å². The fourth-order valence-corrected chi connectivity index (χ4v) is 1.82. The first-order valence-electron chi connectivity index (χ1n) is 4.57. The first-order valence-corrected chi connectivity index (χ1v) is 4.57. The van der Waals surface area contributed by atoms with Crippen molar-refractivity contribution in [3.63, 3.8) is 0 Å². The van der Waals surface area contributed by atoms with Crippen LogP contribution in [0.2, 0.25) is 0 Å². The molecule has 0 saturated carbocycles. The molecule has 13 heavy (non-hydrogen) atoms. The zero-order valence-electron chi connectivity index (χ0n) is 8.29. The minimum atomic E-state index is -0.208. The molecule has 3 heteroatoms. The summed E-state index contributed by atoms with van der Waals surface area (Å²) in [5.41, 5.74) is 1.56. The summed E-state index contributed by atoms with van der Waals surface area (Å²) in [6, 6.07) is 0. The molecule has 0 amide bonds. The number of rotatable bonds is 0. The summed E-state index contributed by atoms with van der Waals surface area (Å²) >= 11 is 0. The molecule has 1 aliphatic carbocycles. The first-order chi connectivity index (χ1) is 6.02. The Morgan fingerprint density at radius 2 is 2.23 bits per heavy atom. The van der Waals surface area contributed by atoms with E-state index in [2.05, 4.69) is 4.98 Å². The molecule has 0 bridgehead atoms. The van der Waals surface area contributed by atoms with Gasteiger partial charge in [-0.15, -0.1) is 0 Å². The molecule has 0 aliphatic heterocycles. The van der Waals surface area contributed by atoms with Crippen LogP contribution >= 0.6 is 0 Å². The van der Waals surface area contributed by atoms with Crippen molar-refractivity contribution in [1.82, 2.24) is 9.55 Å². The largest absolute Gasteiger partial charge is 0.331 e. The molecule has 2 rings (SSSR count). The Bertz CT molecular complexity index is 363. The first kappa shape index (κ1) is 8.48. The minimum Gasteiger partial charge on any atom is -0.331 e. The van der Waals surface area contributed by atoms with Crippen LogP contribution in [-0.2, 0) is 13.5 Å². The van der Waals surface area contributed by atoms with Crippen LogP contribution in [0.15, 0.2) is 6.33 Å². The van der Waals surface area contributed by atoms with Crippen molar-refractivity contribution in [3.8, 4) is 0 Å². The van der Waals surface area contributed by atoms with Gasteiger partial charge in [-0.3, -0.25) is 4.79 Å². The number of nitrogens with zero attached hydrogens (tertiary/aromatic N) is 2. The van der Waals surface area contributed by atoms with Gasteiger partial charge in [-0.05, 0) is 12.8 Å². The Balaban J connectivity index is 2.55. The summed E-state index contributed by atoms with van der Waals surface area (Å²) in [5.74, 6) is 0.230. The van der Waals surface area contributed by atoms with Gasteiger partial charge in [0, 0.05) is 12.5 Å². The minimum absolute atomic E-state index is 0.208. The van der Waals surface area contributed by atoms with Gasteiger partial charge >= 0.3 is 0 Å². The van der Waals surface area contributed by atoms with Crippen LogP contribution in [0.1, 0.15) is 36.5 Å². The fraction of sp³-hybridized carbons (Fsp3) is 0.600. The second kappa shape index (κ2) is 2.44. The summed E-state index contributed by atoms with van der Waals surface area (Å²) < 4.78 is 1.83. The number of imidazole rings is 1. The maximum Gasteiger partial charge on any atom is 0.186 e. The van der Waals surface area contributed by atoms with E-state index >= 15 is 0 Å². The zero-order chi connectivity index (χ0) is 9.64. The fourth-order valence-electron chi connectivity index (χ4n) is 1.82. The molecule has 0 N–H and O–H groups in total. The lowest BCUT2D eigenvalue weighted by Gasteiger charge is -2.27. The van der Waals surface area contributed by atoms with E-state index in [1.807, 2.05) is 25.5 Å². The third-order valence-electron chi connectivity index (χ3n) is 2.83. The van der Waals surface area contributed by atoms with Crippen LogP contribution in [0.5, 0.6) is 0 Å². The molecule has 0 atom stereocenters. The standard InChI is InChI=1S/C10H14N2O/c1-10(2)5-4-7-8(9(10)13)12(3)6-11-7/h6H,4-5H2,1-3H3. The molecule has 1 aliphatic rings. The number of fused-ring (bicyclic) bond motifs is 1. The monoisotopic (exact) mass is 178 g/mol. The highest BCUT2D eigenvalue weighted by Crippen LogP contribution is 2.33. The van der Waals surface area contributed by atoms with E-state index in [4.69, 9.17) is 0 Å². The predicted octanol–water partition coefficient (Wildman–Crippen LogP) is 1.58. The van der Waals surface area contributed by atoms with E-state index in [9.17, 15) is 4.79 Å². The Labute approximate surface area is 77.8 Å². The van der Waals surface area contributed by atoms with Gasteiger partial charge in [-0.25, -0.2) is 4.98 Å². The van der Waals surface area contributed by atoms with Crippen molar-refractivity contribution < 1.29 is 4.79 Å². The van der Waals surface area contributed by atoms with E-state index in [0.717, 1.165) is 24.2 Å². The van der Waals surface area contributed by atoms with E-state index in [1.54, 1.807) is 6.33 Å². The van der Waals surface area contributed by atoms with Gasteiger partial charge in [-0.1, -0.05) is 13.8 Å². The summed E-state index contributed by atoms with van der Waals surface area (Å²) in [4.78, 5) is 16.2. The van der Waals surface area contributed by atoms with E-state index in [1.165, 1.54) is 0 Å². The molecule has 70 valence electrons. The van der Waals surface area contributed by atoms with Crippen molar-refractivity contribution in [2.75, 3.05) is 0 Å². The lowest BCUT2D eigenvalue weighted by Crippen LogP contribution is -2.31. The quantitative estimate of drug-likeness (QED) is 0.604. The molecule has 0 saturated heterocycles. The Morgan fingerprint density at radius 3 is 2.92 bits per heavy atom. The molecule has 1 aromatic rings. The van der Waals surface area contributed by atoms with Crippen molar-refractivity contribution in [2.45, 2.75) is 26.7 Å². The maximum absolute atomic E-state index is 12.0. The summed E-state index contributed by atoms with van der Waals surface area (Å²) in [6.45, 7) is 4.01. The van der Waals surface area contributed by atoms with Crippen LogP contribution in [0, 0.1) is 5.41 Å². The summed E-state index contributed by atoms with van der Waals surface area (Å²) in [7, 11) is 1.88. The van der Waals surface area contributed by atoms with Crippen molar-refractivity contribution >= 4 is 5.78 Å². The number of Topliss-reactive ketones (excluding diaryl/α,β-unsaturated/α-hetero) is 1. The molecule has 3 nitrogen and oxygen atoms in total. The number of hydrogen-bond acceptors (Lipinski definition) is 2. The van der Waals surface area contributed by atoms with Gasteiger partial charge in [-0.2, -0.15) is 0 Å². The average molecular weight is 178 g/mol. The zero-order valence-corrected chi connectivity index (χ0v) is 8.29. The Hall–Kier alpha value is -1.12. The van der Waals surface area contributed by atoms with Gasteiger partial charge in [0.05, 0.1) is 12.0 Å². The predicted molar refractivity (Wildman–Crippen MR) is 49.6 cm³/mol. The lowest BCUT2D eigenvalue weighted by molar-refractivity contribution is 0.0800. The number of aromatic nitrogens is 2. The third kappa shape index (κ3) is 1.10. The second-order valence-electron chi connectivity index (χ2n) is 4.36. The topological polar surface area (TPSA) is 34.9 Å². The summed E-state index contributed by atoms with van der Waals surface area (Å²) in [5, 5.41) is 0. The smallest absolute Gasteiger partial charge is 0.186 e. The number of hydrogen-bond donors (Lipinski definition) is 0. The molecule has 1 aromatic heterocycles. The Morgan fingerprint density at radius 1 is 1.54 bits per heavy atom. The van der Waals surface area contributed by atoms with Crippen LogP contribution < -0.4 is 0 Å². The van der Waals surface area contributed by atoms with E-state index in [0.29, 0.717) is 0 Å². The van der Waals surface area contributed by atoms with Gasteiger partial charge < -0.3 is 4.57 Å². The molecular weight excluding hydrogens is 164 g/mol. The number of carbonyl (C=O) groups excluding carboxylic acids is 1. The summed E-state index contributed by atoms with van der Waals surface area (Å²) in [6.07, 6.45) is 3.56. The van der Waals surface area contributed by atoms with E-state index < -0.39 is 0 Å². The third-order valence-corrected chi connectivity index (χ3v) is 2.83. The van der Waals surface area contributed by atoms with Crippen LogP contribution in [0.4, 0.5) is 0 Å². The van der Waals surface area contributed by atoms with E-state index in [-0.39, 0.29) is 11.2 Å². The molecule has 1 heterocycles. The van der Waals surface area contributed by atoms with Gasteiger partial charge in [0.15, 0.2) is 5.78 Å². The molecular formula is C10H14N2O. The number of carbonyl (C=O) groups is 1. The highest BCUT2D eigenvalue weighted by atomic mass is 16.1. The SMILES string of the molecule is Cn1cnc2c1C(=O)C(C)(C)CC2. The van der Waals surface area contributed by atoms with Crippen molar-refractivity contribution in [2.24, 2.45) is 12.5 Å².